The average Bonchev–Trinajstić information content (AvgIpc) is 2.85. The number of fused-ring (bicyclic) bond motifs is 1. The quantitative estimate of drug-likeness (QED) is 0.867. The van der Waals surface area contributed by atoms with Crippen LogP contribution in [0.4, 0.5) is 0 Å². The average molecular weight is 258 g/mol. The van der Waals surface area contributed by atoms with Gasteiger partial charge in [0.25, 0.3) is 0 Å². The molecule has 3 N–H and O–H groups in total. The molecule has 0 spiro atoms. The lowest BCUT2D eigenvalue weighted by Gasteiger charge is -2.34. The van der Waals surface area contributed by atoms with E-state index in [4.69, 9.17) is 5.73 Å². The van der Waals surface area contributed by atoms with Crippen LogP contribution in [-0.2, 0) is 6.54 Å². The van der Waals surface area contributed by atoms with Crippen molar-refractivity contribution < 1.29 is 0 Å². The molecule has 3 rings (SSSR count). The highest BCUT2D eigenvalue weighted by Crippen LogP contribution is 2.19. The Kier molecular flexibility index (Phi) is 3.82. The van der Waals surface area contributed by atoms with Crippen molar-refractivity contribution in [1.29, 1.82) is 0 Å². The van der Waals surface area contributed by atoms with Crippen LogP contribution in [0.2, 0.25) is 0 Å². The van der Waals surface area contributed by atoms with Crippen LogP contribution >= 0.6 is 0 Å². The van der Waals surface area contributed by atoms with E-state index in [1.807, 2.05) is 0 Å². The fourth-order valence-corrected chi connectivity index (χ4v) is 2.86. The topological polar surface area (TPSA) is 48.3 Å². The smallest absolute Gasteiger partial charge is 0.0457 e. The Morgan fingerprint density at radius 1 is 1.05 bits per heavy atom. The van der Waals surface area contributed by atoms with Crippen LogP contribution in [0.1, 0.15) is 5.56 Å². The van der Waals surface area contributed by atoms with Gasteiger partial charge in [-0.1, -0.05) is 18.2 Å². The number of nitrogens with one attached hydrogen (secondary N) is 1. The SMILES string of the molecule is NCCN1CCN(Cc2c[nH]c3ccccc23)CC1. The molecule has 0 aliphatic carbocycles. The number of hydrogen-bond acceptors (Lipinski definition) is 3. The third kappa shape index (κ3) is 2.81. The first-order valence-electron chi connectivity index (χ1n) is 7.06. The van der Waals surface area contributed by atoms with Gasteiger partial charge in [-0.05, 0) is 11.6 Å². The number of nitrogens with zero attached hydrogens (tertiary/aromatic N) is 2. The number of aromatic nitrogens is 1. The molecular formula is C15H22N4. The Hall–Kier alpha value is -1.36. The van der Waals surface area contributed by atoms with Crippen LogP contribution < -0.4 is 5.73 Å². The molecule has 1 aromatic heterocycles. The number of rotatable bonds is 4. The van der Waals surface area contributed by atoms with Gasteiger partial charge in [0.2, 0.25) is 0 Å². The Bertz CT molecular complexity index is 526. The minimum atomic E-state index is 0.766. The molecule has 102 valence electrons. The Balaban J connectivity index is 1.63. The zero-order valence-electron chi connectivity index (χ0n) is 11.3. The minimum absolute atomic E-state index is 0.766. The maximum atomic E-state index is 5.61. The predicted molar refractivity (Wildman–Crippen MR) is 79.1 cm³/mol. The lowest BCUT2D eigenvalue weighted by atomic mass is 10.1. The van der Waals surface area contributed by atoms with Crippen molar-refractivity contribution in [3.8, 4) is 0 Å². The number of benzene rings is 1. The number of H-pyrrole nitrogens is 1. The molecule has 1 aliphatic rings. The molecule has 0 unspecified atom stereocenters. The van der Waals surface area contributed by atoms with Gasteiger partial charge in [-0.3, -0.25) is 9.80 Å². The van der Waals surface area contributed by atoms with Gasteiger partial charge in [-0.15, -0.1) is 0 Å². The van der Waals surface area contributed by atoms with Crippen molar-refractivity contribution in [3.05, 3.63) is 36.0 Å². The zero-order valence-corrected chi connectivity index (χ0v) is 11.3. The Morgan fingerprint density at radius 2 is 1.79 bits per heavy atom. The first-order chi connectivity index (χ1) is 9.36. The van der Waals surface area contributed by atoms with Crippen LogP contribution in [0, 0.1) is 0 Å². The van der Waals surface area contributed by atoms with Crippen molar-refractivity contribution in [2.24, 2.45) is 5.73 Å². The first-order valence-corrected chi connectivity index (χ1v) is 7.06. The van der Waals surface area contributed by atoms with Crippen LogP contribution in [0.25, 0.3) is 10.9 Å². The lowest BCUT2D eigenvalue weighted by molar-refractivity contribution is 0.130. The maximum absolute atomic E-state index is 5.61. The summed E-state index contributed by atoms with van der Waals surface area (Å²) in [5.74, 6) is 0. The number of aromatic amines is 1. The van der Waals surface area contributed by atoms with E-state index >= 15 is 0 Å². The van der Waals surface area contributed by atoms with Gasteiger partial charge in [0.15, 0.2) is 0 Å². The molecule has 4 nitrogen and oxygen atoms in total. The summed E-state index contributed by atoms with van der Waals surface area (Å²) in [7, 11) is 0. The van der Waals surface area contributed by atoms with Gasteiger partial charge in [0.05, 0.1) is 0 Å². The third-order valence-electron chi connectivity index (χ3n) is 3.98. The number of hydrogen-bond donors (Lipinski definition) is 2. The zero-order chi connectivity index (χ0) is 13.1. The number of nitrogens with two attached hydrogens (primary N) is 1. The molecule has 4 heteroatoms. The first kappa shape index (κ1) is 12.7. The summed E-state index contributed by atoms with van der Waals surface area (Å²) in [6.07, 6.45) is 2.15. The minimum Gasteiger partial charge on any atom is -0.361 e. The summed E-state index contributed by atoms with van der Waals surface area (Å²) in [5, 5.41) is 1.35. The van der Waals surface area contributed by atoms with E-state index in [1.54, 1.807) is 0 Å². The highest BCUT2D eigenvalue weighted by atomic mass is 15.3. The molecule has 0 atom stereocenters. The van der Waals surface area contributed by atoms with Crippen molar-refractivity contribution >= 4 is 10.9 Å². The fraction of sp³-hybridized carbons (Fsp3) is 0.467. The second-order valence-electron chi connectivity index (χ2n) is 5.27. The molecule has 1 fully saturated rings. The molecule has 2 heterocycles. The number of para-hydroxylation sites is 1. The van der Waals surface area contributed by atoms with Crippen LogP contribution in [-0.4, -0.2) is 54.1 Å². The molecule has 0 saturated carbocycles. The van der Waals surface area contributed by atoms with Gasteiger partial charge >= 0.3 is 0 Å². The predicted octanol–water partition coefficient (Wildman–Crippen LogP) is 1.24. The van der Waals surface area contributed by atoms with E-state index in [0.717, 1.165) is 45.8 Å². The molecule has 2 aromatic rings. The molecule has 1 aromatic carbocycles. The van der Waals surface area contributed by atoms with Gasteiger partial charge in [0, 0.05) is 62.9 Å². The van der Waals surface area contributed by atoms with E-state index in [1.165, 1.54) is 16.5 Å². The summed E-state index contributed by atoms with van der Waals surface area (Å²) < 4.78 is 0. The van der Waals surface area contributed by atoms with Crippen molar-refractivity contribution in [2.45, 2.75) is 6.54 Å². The van der Waals surface area contributed by atoms with E-state index in [2.05, 4.69) is 45.2 Å². The second-order valence-corrected chi connectivity index (χ2v) is 5.27. The van der Waals surface area contributed by atoms with Gasteiger partial charge in [0.1, 0.15) is 0 Å². The summed E-state index contributed by atoms with van der Waals surface area (Å²) in [6.45, 7) is 7.39. The van der Waals surface area contributed by atoms with E-state index in [0.29, 0.717) is 0 Å². The standard InChI is InChI=1S/C15H22N4/c16-5-6-18-7-9-19(10-8-18)12-13-11-17-15-4-2-1-3-14(13)15/h1-4,11,17H,5-10,12,16H2. The lowest BCUT2D eigenvalue weighted by Crippen LogP contribution is -2.47. The number of piperazine rings is 1. The van der Waals surface area contributed by atoms with E-state index in [-0.39, 0.29) is 0 Å². The Morgan fingerprint density at radius 3 is 2.58 bits per heavy atom. The van der Waals surface area contributed by atoms with Crippen molar-refractivity contribution in [1.82, 2.24) is 14.8 Å². The van der Waals surface area contributed by atoms with Gasteiger partial charge < -0.3 is 10.7 Å². The normalized spacial score (nSPS) is 18.2. The highest BCUT2D eigenvalue weighted by Gasteiger charge is 2.17. The molecular weight excluding hydrogens is 236 g/mol. The molecule has 0 amide bonds. The molecule has 0 bridgehead atoms. The summed E-state index contributed by atoms with van der Waals surface area (Å²) in [6, 6.07) is 8.52. The third-order valence-corrected chi connectivity index (χ3v) is 3.98. The van der Waals surface area contributed by atoms with Crippen LogP contribution in [0.3, 0.4) is 0 Å². The van der Waals surface area contributed by atoms with Gasteiger partial charge in [-0.25, -0.2) is 0 Å². The molecule has 0 radical (unpaired) electrons. The summed E-state index contributed by atoms with van der Waals surface area (Å²) in [5.41, 5.74) is 8.25. The molecule has 19 heavy (non-hydrogen) atoms. The molecule has 1 saturated heterocycles. The van der Waals surface area contributed by atoms with E-state index in [9.17, 15) is 0 Å². The molecule has 1 aliphatic heterocycles. The second kappa shape index (κ2) is 5.74. The maximum Gasteiger partial charge on any atom is 0.0457 e. The van der Waals surface area contributed by atoms with E-state index < -0.39 is 0 Å². The fourth-order valence-electron chi connectivity index (χ4n) is 2.86. The monoisotopic (exact) mass is 258 g/mol. The van der Waals surface area contributed by atoms with Crippen molar-refractivity contribution in [2.75, 3.05) is 39.3 Å². The summed E-state index contributed by atoms with van der Waals surface area (Å²) in [4.78, 5) is 8.33. The largest absolute Gasteiger partial charge is 0.361 e. The van der Waals surface area contributed by atoms with Crippen molar-refractivity contribution in [3.63, 3.8) is 0 Å². The van der Waals surface area contributed by atoms with Gasteiger partial charge in [-0.2, -0.15) is 0 Å². The summed E-state index contributed by atoms with van der Waals surface area (Å²) >= 11 is 0. The Labute approximate surface area is 114 Å². The highest BCUT2D eigenvalue weighted by molar-refractivity contribution is 5.82. The van der Waals surface area contributed by atoms with Crippen LogP contribution in [0.15, 0.2) is 30.5 Å². The van der Waals surface area contributed by atoms with Crippen LogP contribution in [0.5, 0.6) is 0 Å².